The van der Waals surface area contributed by atoms with Crippen molar-refractivity contribution in [2.24, 2.45) is 0 Å². The summed E-state index contributed by atoms with van der Waals surface area (Å²) in [6.07, 6.45) is 2.46. The number of rotatable bonds is 0. The van der Waals surface area contributed by atoms with Crippen LogP contribution in [0.3, 0.4) is 0 Å². The molecular weight excluding hydrogens is 182 g/mol. The highest BCUT2D eigenvalue weighted by molar-refractivity contribution is 5.56. The summed E-state index contributed by atoms with van der Waals surface area (Å²) in [5.41, 5.74) is 3.27. The molecule has 0 aliphatic carbocycles. The Morgan fingerprint density at radius 1 is 1.00 bits per heavy atom. The first-order valence-corrected chi connectivity index (χ1v) is 5.78. The molecule has 2 rings (SSSR count). The van der Waals surface area contributed by atoms with Gasteiger partial charge in [0.25, 0.3) is 0 Å². The fraction of sp³-hybridized carbons (Fsp3) is 0.571. The maximum absolute atomic E-state index is 3.65. The van der Waals surface area contributed by atoms with E-state index in [0.29, 0.717) is 0 Å². The predicted molar refractivity (Wildman–Crippen MR) is 66.4 cm³/mol. The third-order valence-electron chi connectivity index (χ3n) is 3.50. The molecule has 0 spiro atoms. The van der Waals surface area contributed by atoms with E-state index >= 15 is 0 Å². The summed E-state index contributed by atoms with van der Waals surface area (Å²) >= 11 is 0. The van der Waals surface area contributed by atoms with E-state index in [1.165, 1.54) is 24.1 Å². The lowest BCUT2D eigenvalue weighted by molar-refractivity contribution is 0.411. The van der Waals surface area contributed by atoms with Gasteiger partial charge in [-0.2, -0.15) is 0 Å². The van der Waals surface area contributed by atoms with Gasteiger partial charge in [-0.1, -0.05) is 32.0 Å². The van der Waals surface area contributed by atoms with Crippen molar-refractivity contribution in [2.45, 2.75) is 51.5 Å². The van der Waals surface area contributed by atoms with Crippen LogP contribution in [0.25, 0.3) is 0 Å². The van der Waals surface area contributed by atoms with Crippen LogP contribution in [0.1, 0.15) is 46.1 Å². The van der Waals surface area contributed by atoms with Crippen molar-refractivity contribution in [3.05, 3.63) is 29.8 Å². The molecule has 1 aliphatic rings. The minimum absolute atomic E-state index is 0.212. The second-order valence-electron chi connectivity index (χ2n) is 5.94. The molecule has 0 fully saturated rings. The first kappa shape index (κ1) is 10.5. The molecule has 1 heteroatoms. The van der Waals surface area contributed by atoms with Crippen LogP contribution in [0, 0.1) is 0 Å². The molecule has 0 unspecified atom stereocenters. The fourth-order valence-corrected chi connectivity index (χ4v) is 2.37. The monoisotopic (exact) mass is 203 g/mol. The summed E-state index contributed by atoms with van der Waals surface area (Å²) < 4.78 is 0. The van der Waals surface area contributed by atoms with Gasteiger partial charge in [0.1, 0.15) is 0 Å². The summed E-state index contributed by atoms with van der Waals surface area (Å²) in [4.78, 5) is 0. The van der Waals surface area contributed by atoms with Gasteiger partial charge in [0.05, 0.1) is 0 Å². The number of fused-ring (bicyclic) bond motifs is 1. The number of hydrogen-bond donors (Lipinski definition) is 1. The predicted octanol–water partition coefficient (Wildman–Crippen LogP) is 3.95. The van der Waals surface area contributed by atoms with Gasteiger partial charge < -0.3 is 5.32 Å². The average Bonchev–Trinajstić information content (AvgIpc) is 2.23. The van der Waals surface area contributed by atoms with Gasteiger partial charge in [0, 0.05) is 11.2 Å². The maximum atomic E-state index is 3.65. The van der Waals surface area contributed by atoms with Crippen LogP contribution in [0.5, 0.6) is 0 Å². The maximum Gasteiger partial charge on any atom is 0.0382 e. The minimum Gasteiger partial charge on any atom is -0.380 e. The number of hydrogen-bond acceptors (Lipinski definition) is 1. The van der Waals surface area contributed by atoms with Crippen molar-refractivity contribution < 1.29 is 0 Å². The van der Waals surface area contributed by atoms with Gasteiger partial charge in [-0.25, -0.2) is 0 Å². The second-order valence-corrected chi connectivity index (χ2v) is 5.94. The Balaban J connectivity index is 2.50. The first-order chi connectivity index (χ1) is 6.91. The fourth-order valence-electron chi connectivity index (χ4n) is 2.37. The SMILES string of the molecule is CC1(C)CCC(C)(C)c2ccccc2N1. The van der Waals surface area contributed by atoms with Crippen LogP contribution in [-0.4, -0.2) is 5.54 Å². The van der Waals surface area contributed by atoms with E-state index in [1.807, 2.05) is 0 Å². The number of anilines is 1. The largest absolute Gasteiger partial charge is 0.380 e. The number of para-hydroxylation sites is 1. The van der Waals surface area contributed by atoms with Crippen LogP contribution in [-0.2, 0) is 5.41 Å². The smallest absolute Gasteiger partial charge is 0.0382 e. The Bertz CT molecular complexity index is 363. The van der Waals surface area contributed by atoms with Gasteiger partial charge in [-0.15, -0.1) is 0 Å². The lowest BCUT2D eigenvalue weighted by atomic mass is 9.79. The van der Waals surface area contributed by atoms with E-state index < -0.39 is 0 Å². The zero-order chi connectivity index (χ0) is 11.1. The third kappa shape index (κ3) is 2.01. The Morgan fingerprint density at radius 2 is 1.67 bits per heavy atom. The van der Waals surface area contributed by atoms with E-state index in [1.54, 1.807) is 0 Å². The topological polar surface area (TPSA) is 12.0 Å². The third-order valence-corrected chi connectivity index (χ3v) is 3.50. The molecule has 1 aromatic rings. The van der Waals surface area contributed by atoms with Crippen LogP contribution < -0.4 is 5.32 Å². The standard InChI is InChI=1S/C14H21N/c1-13(2)9-10-14(3,4)15-12-8-6-5-7-11(12)13/h5-8,15H,9-10H2,1-4H3. The first-order valence-electron chi connectivity index (χ1n) is 5.78. The zero-order valence-corrected chi connectivity index (χ0v) is 10.2. The Kier molecular flexibility index (Phi) is 2.29. The van der Waals surface area contributed by atoms with Crippen molar-refractivity contribution in [1.82, 2.24) is 0 Å². The van der Waals surface area contributed by atoms with E-state index in [2.05, 4.69) is 57.3 Å². The summed E-state index contributed by atoms with van der Waals surface area (Å²) in [7, 11) is 0. The molecule has 15 heavy (non-hydrogen) atoms. The molecule has 0 saturated heterocycles. The number of benzene rings is 1. The molecule has 1 aromatic carbocycles. The van der Waals surface area contributed by atoms with Gasteiger partial charge >= 0.3 is 0 Å². The van der Waals surface area contributed by atoms with Crippen molar-refractivity contribution in [3.63, 3.8) is 0 Å². The van der Waals surface area contributed by atoms with Crippen molar-refractivity contribution in [2.75, 3.05) is 5.32 Å². The highest BCUT2D eigenvalue weighted by atomic mass is 15.0. The molecular formula is C14H21N. The van der Waals surface area contributed by atoms with Gasteiger partial charge in [0.15, 0.2) is 0 Å². The Hall–Kier alpha value is -0.980. The van der Waals surface area contributed by atoms with E-state index in [0.717, 1.165) is 0 Å². The van der Waals surface area contributed by atoms with E-state index in [9.17, 15) is 0 Å². The van der Waals surface area contributed by atoms with Crippen molar-refractivity contribution in [1.29, 1.82) is 0 Å². The summed E-state index contributed by atoms with van der Waals surface area (Å²) in [5.74, 6) is 0. The molecule has 1 aliphatic heterocycles. The van der Waals surface area contributed by atoms with Gasteiger partial charge in [-0.05, 0) is 43.7 Å². The summed E-state index contributed by atoms with van der Waals surface area (Å²) in [6.45, 7) is 9.25. The second kappa shape index (κ2) is 3.26. The molecule has 1 heterocycles. The van der Waals surface area contributed by atoms with Crippen molar-refractivity contribution in [3.8, 4) is 0 Å². The van der Waals surface area contributed by atoms with E-state index in [-0.39, 0.29) is 11.0 Å². The Morgan fingerprint density at radius 3 is 2.40 bits per heavy atom. The van der Waals surface area contributed by atoms with E-state index in [4.69, 9.17) is 0 Å². The molecule has 0 amide bonds. The van der Waals surface area contributed by atoms with Crippen molar-refractivity contribution >= 4 is 5.69 Å². The van der Waals surface area contributed by atoms with Crippen LogP contribution in [0.15, 0.2) is 24.3 Å². The highest BCUT2D eigenvalue weighted by Gasteiger charge is 2.31. The molecule has 1 nitrogen and oxygen atoms in total. The van der Waals surface area contributed by atoms with Crippen LogP contribution in [0.2, 0.25) is 0 Å². The van der Waals surface area contributed by atoms with Gasteiger partial charge in [0.2, 0.25) is 0 Å². The average molecular weight is 203 g/mol. The summed E-state index contributed by atoms with van der Waals surface area (Å²) in [6, 6.07) is 8.71. The summed E-state index contributed by atoms with van der Waals surface area (Å²) in [5, 5.41) is 3.65. The molecule has 0 atom stereocenters. The Labute approximate surface area is 92.9 Å². The molecule has 82 valence electrons. The molecule has 0 aromatic heterocycles. The minimum atomic E-state index is 0.212. The molecule has 1 N–H and O–H groups in total. The molecule has 0 saturated carbocycles. The van der Waals surface area contributed by atoms with Crippen LogP contribution in [0.4, 0.5) is 5.69 Å². The molecule has 0 bridgehead atoms. The normalized spacial score (nSPS) is 22.4. The highest BCUT2D eigenvalue weighted by Crippen LogP contribution is 2.40. The molecule has 0 radical (unpaired) electrons. The quantitative estimate of drug-likeness (QED) is 0.673. The lowest BCUT2D eigenvalue weighted by Crippen LogP contribution is -2.29. The van der Waals surface area contributed by atoms with Crippen LogP contribution >= 0.6 is 0 Å². The lowest BCUT2D eigenvalue weighted by Gasteiger charge is -2.25. The number of nitrogens with one attached hydrogen (secondary N) is 1. The zero-order valence-electron chi connectivity index (χ0n) is 10.2. The van der Waals surface area contributed by atoms with Gasteiger partial charge in [-0.3, -0.25) is 0 Å².